The first-order valence-electron chi connectivity index (χ1n) is 10.9. The Morgan fingerprint density at radius 2 is 1.22 bits per heavy atom. The van der Waals surface area contributed by atoms with Gasteiger partial charge >= 0.3 is 0 Å². The molecule has 0 nitrogen and oxygen atoms in total. The Bertz CT molecular complexity index is 402. The van der Waals surface area contributed by atoms with Crippen molar-refractivity contribution in [1.29, 1.82) is 0 Å². The van der Waals surface area contributed by atoms with Gasteiger partial charge in [0.25, 0.3) is 0 Å². The Balaban J connectivity index is -0.000000349. The first kappa shape index (κ1) is 30.7. The van der Waals surface area contributed by atoms with E-state index in [0.29, 0.717) is 10.8 Å². The van der Waals surface area contributed by atoms with Gasteiger partial charge in [-0.2, -0.15) is 0 Å². The highest BCUT2D eigenvalue weighted by atomic mass is 14.3. The van der Waals surface area contributed by atoms with Crippen LogP contribution in [-0.2, 0) is 6.42 Å². The number of rotatable bonds is 4. The van der Waals surface area contributed by atoms with Crippen molar-refractivity contribution in [2.45, 2.75) is 102 Å². The molecular weight excluding hydrogens is 324 g/mol. The number of aryl methyl sites for hydroxylation is 1. The number of benzene rings is 1. The van der Waals surface area contributed by atoms with Gasteiger partial charge in [0.1, 0.15) is 0 Å². The maximum Gasteiger partial charge on any atom is -0.0274 e. The minimum atomic E-state index is 0.454. The summed E-state index contributed by atoms with van der Waals surface area (Å²) in [5.74, 6) is 1.69. The summed E-state index contributed by atoms with van der Waals surface area (Å²) in [5.41, 5.74) is 2.39. The molecule has 2 atom stereocenters. The van der Waals surface area contributed by atoms with Crippen LogP contribution >= 0.6 is 0 Å². The molecule has 0 radical (unpaired) electrons. The highest BCUT2D eigenvalue weighted by Gasteiger charge is 2.23. The summed E-state index contributed by atoms with van der Waals surface area (Å²) in [6, 6.07) is 10.7. The number of hydrogen-bond acceptors (Lipinski definition) is 0. The largest absolute Gasteiger partial charge is 0.106 e. The van der Waals surface area contributed by atoms with E-state index < -0.39 is 0 Å². The summed E-state index contributed by atoms with van der Waals surface area (Å²) in [6.45, 7) is 31.1. The molecule has 1 aromatic carbocycles. The van der Waals surface area contributed by atoms with Crippen LogP contribution in [0.2, 0.25) is 0 Å². The first-order chi connectivity index (χ1) is 12.4. The summed E-state index contributed by atoms with van der Waals surface area (Å²) >= 11 is 0. The van der Waals surface area contributed by atoms with E-state index in [4.69, 9.17) is 0 Å². The first-order valence-corrected chi connectivity index (χ1v) is 10.9. The molecule has 0 N–H and O–H groups in total. The highest BCUT2D eigenvalue weighted by molar-refractivity contribution is 5.14. The zero-order valence-corrected chi connectivity index (χ0v) is 20.8. The van der Waals surface area contributed by atoms with Crippen molar-refractivity contribution in [2.75, 3.05) is 0 Å². The van der Waals surface area contributed by atoms with Crippen molar-refractivity contribution in [1.82, 2.24) is 0 Å². The Hall–Kier alpha value is -1.04. The summed E-state index contributed by atoms with van der Waals surface area (Å²) in [4.78, 5) is 0. The smallest absolute Gasteiger partial charge is 0.0274 e. The second-order valence-electron chi connectivity index (χ2n) is 9.79. The van der Waals surface area contributed by atoms with Crippen molar-refractivity contribution in [3.8, 4) is 0 Å². The predicted molar refractivity (Wildman–Crippen MR) is 130 cm³/mol. The quantitative estimate of drug-likeness (QED) is 0.459. The van der Waals surface area contributed by atoms with E-state index in [1.807, 2.05) is 0 Å². The van der Waals surface area contributed by atoms with Gasteiger partial charge in [-0.25, -0.2) is 0 Å². The third-order valence-electron chi connectivity index (χ3n) is 4.87. The molecule has 0 bridgehead atoms. The third-order valence-corrected chi connectivity index (χ3v) is 4.87. The van der Waals surface area contributed by atoms with E-state index in [-0.39, 0.29) is 0 Å². The van der Waals surface area contributed by atoms with Crippen LogP contribution in [0.4, 0.5) is 0 Å². The van der Waals surface area contributed by atoms with E-state index >= 15 is 0 Å². The second kappa shape index (κ2) is 17.1. The molecular formula is C27H52. The van der Waals surface area contributed by atoms with Crippen molar-refractivity contribution >= 4 is 0 Å². The minimum Gasteiger partial charge on any atom is -0.106 e. The standard InChI is InChI=1S/C12H18.C10H22.C3H8.C2H4/c1-12(2,3)10-9-11-7-5-4-6-8-11;1-7-8(2)9(3)10(4,5)6;1-3-2;1-2/h4-8H,9-10H2,1-3H3;8-9H,7H2,1-6H3;3H2,1-2H3;1-2H2. The van der Waals surface area contributed by atoms with Gasteiger partial charge in [-0.3, -0.25) is 0 Å². The molecule has 0 heteroatoms. The van der Waals surface area contributed by atoms with Gasteiger partial charge < -0.3 is 0 Å². The van der Waals surface area contributed by atoms with Gasteiger partial charge in [-0.15, -0.1) is 13.2 Å². The van der Waals surface area contributed by atoms with Crippen molar-refractivity contribution in [3.63, 3.8) is 0 Å². The fraction of sp³-hybridized carbons (Fsp3) is 0.704. The molecule has 2 unspecified atom stereocenters. The van der Waals surface area contributed by atoms with Gasteiger partial charge in [-0.1, -0.05) is 119 Å². The zero-order chi connectivity index (χ0) is 22.1. The summed E-state index contributed by atoms with van der Waals surface area (Å²) < 4.78 is 0. The molecule has 0 saturated heterocycles. The van der Waals surface area contributed by atoms with E-state index in [9.17, 15) is 0 Å². The Labute approximate surface area is 173 Å². The molecule has 0 heterocycles. The van der Waals surface area contributed by atoms with Crippen molar-refractivity contribution in [2.24, 2.45) is 22.7 Å². The van der Waals surface area contributed by atoms with Crippen LogP contribution in [0, 0.1) is 22.7 Å². The lowest BCUT2D eigenvalue weighted by Gasteiger charge is -2.31. The molecule has 0 aliphatic rings. The van der Waals surface area contributed by atoms with E-state index in [0.717, 1.165) is 11.8 Å². The van der Waals surface area contributed by atoms with Crippen LogP contribution in [0.5, 0.6) is 0 Å². The van der Waals surface area contributed by atoms with E-state index in [1.165, 1.54) is 31.2 Å². The maximum atomic E-state index is 3.00. The molecule has 27 heavy (non-hydrogen) atoms. The lowest BCUT2D eigenvalue weighted by molar-refractivity contribution is 0.184. The van der Waals surface area contributed by atoms with Crippen LogP contribution in [0.15, 0.2) is 43.5 Å². The molecule has 160 valence electrons. The summed E-state index contributed by atoms with van der Waals surface area (Å²) in [5, 5.41) is 0. The van der Waals surface area contributed by atoms with Crippen LogP contribution in [0.1, 0.15) is 101 Å². The third kappa shape index (κ3) is 21.1. The topological polar surface area (TPSA) is 0 Å². The van der Waals surface area contributed by atoms with Crippen molar-refractivity contribution in [3.05, 3.63) is 49.1 Å². The fourth-order valence-corrected chi connectivity index (χ4v) is 2.37. The van der Waals surface area contributed by atoms with Gasteiger partial charge in [0.2, 0.25) is 0 Å². The molecule has 0 aromatic heterocycles. The van der Waals surface area contributed by atoms with Gasteiger partial charge in [0.05, 0.1) is 0 Å². The highest BCUT2D eigenvalue weighted by Crippen LogP contribution is 2.32. The van der Waals surface area contributed by atoms with Gasteiger partial charge in [-0.05, 0) is 41.1 Å². The van der Waals surface area contributed by atoms with Gasteiger partial charge in [0, 0.05) is 0 Å². The maximum absolute atomic E-state index is 3.00. The SMILES string of the molecule is C=C.CC(C)(C)CCc1ccccc1.CCC.CCC(C)C(C)C(C)(C)C. The van der Waals surface area contributed by atoms with Crippen LogP contribution in [0.3, 0.4) is 0 Å². The van der Waals surface area contributed by atoms with Crippen molar-refractivity contribution < 1.29 is 0 Å². The molecule has 0 aliphatic carbocycles. The molecule has 1 aromatic rings. The average Bonchev–Trinajstić information content (AvgIpc) is 2.61. The molecule has 0 amide bonds. The van der Waals surface area contributed by atoms with Crippen LogP contribution in [-0.4, -0.2) is 0 Å². The monoisotopic (exact) mass is 376 g/mol. The molecule has 0 fully saturated rings. The van der Waals surface area contributed by atoms with Crippen LogP contribution < -0.4 is 0 Å². The predicted octanol–water partition coefficient (Wildman–Crippen LogP) is 9.60. The fourth-order valence-electron chi connectivity index (χ4n) is 2.37. The zero-order valence-electron chi connectivity index (χ0n) is 20.8. The van der Waals surface area contributed by atoms with E-state index in [2.05, 4.69) is 120 Å². The minimum absolute atomic E-state index is 0.454. The molecule has 0 spiro atoms. The lowest BCUT2D eigenvalue weighted by atomic mass is 9.74. The lowest BCUT2D eigenvalue weighted by Crippen LogP contribution is -2.23. The Morgan fingerprint density at radius 3 is 1.48 bits per heavy atom. The summed E-state index contributed by atoms with van der Waals surface area (Å²) in [6.07, 6.45) is 5.01. The second-order valence-corrected chi connectivity index (χ2v) is 9.79. The normalized spacial score (nSPS) is 12.9. The molecule has 0 saturated carbocycles. The Morgan fingerprint density at radius 1 is 0.815 bits per heavy atom. The van der Waals surface area contributed by atoms with E-state index in [1.54, 1.807) is 0 Å². The van der Waals surface area contributed by atoms with Gasteiger partial charge in [0.15, 0.2) is 0 Å². The van der Waals surface area contributed by atoms with Crippen LogP contribution in [0.25, 0.3) is 0 Å². The number of hydrogen-bond donors (Lipinski definition) is 0. The molecule has 0 aliphatic heterocycles. The summed E-state index contributed by atoms with van der Waals surface area (Å²) in [7, 11) is 0. The Kier molecular flexibility index (Phi) is 19.4. The molecule has 1 rings (SSSR count). The average molecular weight is 377 g/mol.